The van der Waals surface area contributed by atoms with E-state index in [4.69, 9.17) is 34.7 Å². The standard InChI is InChI=1S/C17H19Cl2N5O/c18-9-14(25)24-12(6-3-10-1-4-11(19)5-2-10)7-8-13-15(24)16(20)23-17(21)22-13/h1-2,4-5,12H,3,6-9H2,(H4,20,21,22,23). The fourth-order valence-corrected chi connectivity index (χ4v) is 3.50. The molecule has 6 nitrogen and oxygen atoms in total. The van der Waals surface area contributed by atoms with E-state index in [1.807, 2.05) is 24.3 Å². The predicted octanol–water partition coefficient (Wildman–Crippen LogP) is 2.81. The Morgan fingerprint density at radius 1 is 1.24 bits per heavy atom. The van der Waals surface area contributed by atoms with Gasteiger partial charge in [0, 0.05) is 11.1 Å². The number of nitrogen functional groups attached to an aromatic ring is 2. The van der Waals surface area contributed by atoms with Gasteiger partial charge < -0.3 is 16.4 Å². The maximum absolute atomic E-state index is 12.5. The number of alkyl halides is 1. The average Bonchev–Trinajstić information content (AvgIpc) is 2.60. The van der Waals surface area contributed by atoms with Crippen LogP contribution in [0.1, 0.15) is 24.1 Å². The van der Waals surface area contributed by atoms with Gasteiger partial charge >= 0.3 is 0 Å². The maximum Gasteiger partial charge on any atom is 0.242 e. The van der Waals surface area contributed by atoms with Crippen LogP contribution in [0.25, 0.3) is 0 Å². The number of rotatable bonds is 4. The number of carbonyl (C=O) groups excluding carboxylic acids is 1. The quantitative estimate of drug-likeness (QED) is 0.795. The zero-order valence-corrected chi connectivity index (χ0v) is 15.1. The molecule has 1 atom stereocenters. The summed E-state index contributed by atoms with van der Waals surface area (Å²) in [6, 6.07) is 7.70. The summed E-state index contributed by atoms with van der Waals surface area (Å²) in [5.74, 6) is 0.0100. The second-order valence-corrected chi connectivity index (χ2v) is 6.72. The molecule has 1 aliphatic heterocycles. The van der Waals surface area contributed by atoms with Crippen LogP contribution in [-0.4, -0.2) is 27.8 Å². The van der Waals surface area contributed by atoms with Gasteiger partial charge in [-0.3, -0.25) is 4.79 Å². The fourth-order valence-electron chi connectivity index (χ4n) is 3.24. The number of hydrogen-bond acceptors (Lipinski definition) is 5. The first-order chi connectivity index (χ1) is 12.0. The molecule has 0 spiro atoms. The molecule has 1 unspecified atom stereocenters. The van der Waals surface area contributed by atoms with Gasteiger partial charge in [-0.05, 0) is 43.4 Å². The highest BCUT2D eigenvalue weighted by atomic mass is 35.5. The number of amides is 1. The number of aromatic nitrogens is 2. The number of halogens is 2. The summed E-state index contributed by atoms with van der Waals surface area (Å²) < 4.78 is 0. The Labute approximate surface area is 156 Å². The second-order valence-electron chi connectivity index (χ2n) is 6.02. The lowest BCUT2D eigenvalue weighted by Crippen LogP contribution is -2.45. The van der Waals surface area contributed by atoms with Crippen molar-refractivity contribution in [1.29, 1.82) is 0 Å². The number of carbonyl (C=O) groups is 1. The normalized spacial score (nSPS) is 16.6. The molecule has 0 radical (unpaired) electrons. The maximum atomic E-state index is 12.5. The van der Waals surface area contributed by atoms with E-state index < -0.39 is 0 Å². The highest BCUT2D eigenvalue weighted by Gasteiger charge is 2.33. The van der Waals surface area contributed by atoms with Crippen LogP contribution in [-0.2, 0) is 17.6 Å². The number of anilines is 3. The molecule has 0 fully saturated rings. The van der Waals surface area contributed by atoms with Crippen molar-refractivity contribution < 1.29 is 4.79 Å². The largest absolute Gasteiger partial charge is 0.382 e. The Morgan fingerprint density at radius 2 is 1.96 bits per heavy atom. The van der Waals surface area contributed by atoms with Gasteiger partial charge in [-0.25, -0.2) is 4.98 Å². The number of nitrogens with zero attached hydrogens (tertiary/aromatic N) is 3. The van der Waals surface area contributed by atoms with Crippen molar-refractivity contribution in [2.75, 3.05) is 22.2 Å². The van der Waals surface area contributed by atoms with Gasteiger partial charge in [0.15, 0.2) is 5.82 Å². The number of hydrogen-bond donors (Lipinski definition) is 2. The molecular formula is C17H19Cl2N5O. The third kappa shape index (κ3) is 3.80. The van der Waals surface area contributed by atoms with Crippen molar-refractivity contribution >= 4 is 46.6 Å². The minimum absolute atomic E-state index is 0.0102. The van der Waals surface area contributed by atoms with Gasteiger partial charge in [-0.1, -0.05) is 23.7 Å². The molecule has 2 heterocycles. The lowest BCUT2D eigenvalue weighted by Gasteiger charge is -2.37. The van der Waals surface area contributed by atoms with E-state index in [2.05, 4.69) is 9.97 Å². The van der Waals surface area contributed by atoms with Crippen molar-refractivity contribution in [2.45, 2.75) is 31.7 Å². The molecule has 0 saturated heterocycles. The Kier molecular flexibility index (Phi) is 5.30. The van der Waals surface area contributed by atoms with E-state index >= 15 is 0 Å². The van der Waals surface area contributed by atoms with E-state index in [1.165, 1.54) is 0 Å². The SMILES string of the molecule is Nc1nc(N)c2c(n1)CCC(CCc1ccc(Cl)cc1)N2C(=O)CCl. The molecule has 3 rings (SSSR count). The fraction of sp³-hybridized carbons (Fsp3) is 0.353. The predicted molar refractivity (Wildman–Crippen MR) is 101 cm³/mol. The highest BCUT2D eigenvalue weighted by molar-refractivity contribution is 6.30. The van der Waals surface area contributed by atoms with Gasteiger partial charge in [-0.2, -0.15) is 4.98 Å². The van der Waals surface area contributed by atoms with Crippen molar-refractivity contribution in [2.24, 2.45) is 0 Å². The van der Waals surface area contributed by atoms with Crippen LogP contribution in [0, 0.1) is 0 Å². The van der Waals surface area contributed by atoms with E-state index in [-0.39, 0.29) is 29.6 Å². The molecule has 1 amide bonds. The first kappa shape index (κ1) is 17.8. The van der Waals surface area contributed by atoms with Gasteiger partial charge in [0.05, 0.1) is 5.69 Å². The first-order valence-corrected chi connectivity index (χ1v) is 8.95. The van der Waals surface area contributed by atoms with Crippen LogP contribution in [0.15, 0.2) is 24.3 Å². The molecule has 25 heavy (non-hydrogen) atoms. The van der Waals surface area contributed by atoms with Crippen LogP contribution < -0.4 is 16.4 Å². The molecule has 0 saturated carbocycles. The third-order valence-corrected chi connectivity index (χ3v) is 4.86. The summed E-state index contributed by atoms with van der Waals surface area (Å²) in [6.45, 7) is 0. The van der Waals surface area contributed by atoms with E-state index in [1.54, 1.807) is 4.90 Å². The topological polar surface area (TPSA) is 98.1 Å². The number of nitrogens with two attached hydrogens (primary N) is 2. The molecule has 8 heteroatoms. The third-order valence-electron chi connectivity index (χ3n) is 4.38. The van der Waals surface area contributed by atoms with Gasteiger partial charge in [0.25, 0.3) is 0 Å². The van der Waals surface area contributed by atoms with E-state index in [0.29, 0.717) is 22.8 Å². The lowest BCUT2D eigenvalue weighted by atomic mass is 9.94. The highest BCUT2D eigenvalue weighted by Crippen LogP contribution is 2.35. The van der Waals surface area contributed by atoms with Crippen molar-refractivity contribution in [1.82, 2.24) is 9.97 Å². The Morgan fingerprint density at radius 3 is 2.64 bits per heavy atom. The Hall–Kier alpha value is -2.05. The van der Waals surface area contributed by atoms with Crippen LogP contribution in [0.5, 0.6) is 0 Å². The second kappa shape index (κ2) is 7.45. The number of fused-ring (bicyclic) bond motifs is 1. The smallest absolute Gasteiger partial charge is 0.242 e. The first-order valence-electron chi connectivity index (χ1n) is 8.04. The monoisotopic (exact) mass is 379 g/mol. The Balaban J connectivity index is 1.86. The van der Waals surface area contributed by atoms with Crippen LogP contribution in [0.3, 0.4) is 0 Å². The summed E-state index contributed by atoms with van der Waals surface area (Å²) >= 11 is 11.7. The van der Waals surface area contributed by atoms with Crippen molar-refractivity contribution in [3.63, 3.8) is 0 Å². The summed E-state index contributed by atoms with van der Waals surface area (Å²) in [5.41, 5.74) is 14.1. The molecule has 4 N–H and O–H groups in total. The van der Waals surface area contributed by atoms with Gasteiger partial charge in [0.2, 0.25) is 11.9 Å². The zero-order valence-electron chi connectivity index (χ0n) is 13.6. The minimum Gasteiger partial charge on any atom is -0.382 e. The lowest BCUT2D eigenvalue weighted by molar-refractivity contribution is -0.116. The molecule has 1 aromatic carbocycles. The molecule has 0 bridgehead atoms. The molecular weight excluding hydrogens is 361 g/mol. The zero-order chi connectivity index (χ0) is 18.0. The Bertz CT molecular complexity index is 781. The van der Waals surface area contributed by atoms with Crippen molar-refractivity contribution in [3.8, 4) is 0 Å². The summed E-state index contributed by atoms with van der Waals surface area (Å²) in [5, 5.41) is 0.705. The van der Waals surface area contributed by atoms with Crippen LogP contribution >= 0.6 is 23.2 Å². The molecule has 1 aromatic heterocycles. The average molecular weight is 380 g/mol. The molecule has 132 valence electrons. The summed E-state index contributed by atoms with van der Waals surface area (Å²) in [4.78, 5) is 22.4. The summed E-state index contributed by atoms with van der Waals surface area (Å²) in [6.07, 6.45) is 3.08. The van der Waals surface area contributed by atoms with Gasteiger partial charge in [-0.15, -0.1) is 11.6 Å². The summed E-state index contributed by atoms with van der Waals surface area (Å²) in [7, 11) is 0. The molecule has 2 aromatic rings. The molecule has 0 aliphatic carbocycles. The van der Waals surface area contributed by atoms with Gasteiger partial charge in [0.1, 0.15) is 11.6 Å². The van der Waals surface area contributed by atoms with Crippen LogP contribution in [0.4, 0.5) is 17.5 Å². The van der Waals surface area contributed by atoms with Crippen molar-refractivity contribution in [3.05, 3.63) is 40.5 Å². The number of benzene rings is 1. The van der Waals surface area contributed by atoms with E-state index in [0.717, 1.165) is 24.8 Å². The molecule has 1 aliphatic rings. The van der Waals surface area contributed by atoms with Crippen LogP contribution in [0.2, 0.25) is 5.02 Å². The van der Waals surface area contributed by atoms with E-state index in [9.17, 15) is 4.79 Å². The number of aryl methyl sites for hydroxylation is 2. The minimum atomic E-state index is -0.205.